The van der Waals surface area contributed by atoms with Crippen LogP contribution in [0.15, 0.2) is 17.2 Å². The zero-order valence-corrected chi connectivity index (χ0v) is 16.4. The van der Waals surface area contributed by atoms with Gasteiger partial charge in [0, 0.05) is 38.3 Å². The van der Waals surface area contributed by atoms with Crippen molar-refractivity contribution >= 4 is 21.9 Å². The maximum Gasteiger partial charge on any atom is 0.352 e. The fourth-order valence-corrected chi connectivity index (χ4v) is 5.50. The van der Waals surface area contributed by atoms with Crippen LogP contribution in [0.2, 0.25) is 0 Å². The molecule has 1 amide bonds. The summed E-state index contributed by atoms with van der Waals surface area (Å²) in [6.07, 6.45) is 7.87. The molecule has 27 heavy (non-hydrogen) atoms. The number of carboxylic acid groups (broad SMARTS) is 1. The van der Waals surface area contributed by atoms with Gasteiger partial charge in [-0.1, -0.05) is 19.3 Å². The number of carboxylic acids is 1. The van der Waals surface area contributed by atoms with Gasteiger partial charge in [0.15, 0.2) is 0 Å². The smallest absolute Gasteiger partial charge is 0.352 e. The van der Waals surface area contributed by atoms with E-state index in [-0.39, 0.29) is 41.5 Å². The monoisotopic (exact) mass is 397 g/mol. The molecule has 1 aliphatic carbocycles. The molecule has 150 valence electrons. The van der Waals surface area contributed by atoms with Gasteiger partial charge in [-0.15, -0.1) is 0 Å². The highest BCUT2D eigenvalue weighted by Crippen LogP contribution is 2.26. The molecule has 1 saturated carbocycles. The summed E-state index contributed by atoms with van der Waals surface area (Å²) in [6.45, 7) is 0.533. The van der Waals surface area contributed by atoms with Crippen LogP contribution >= 0.6 is 0 Å². The molecule has 0 spiro atoms. The second kappa shape index (κ2) is 8.02. The molecule has 8 nitrogen and oxygen atoms in total. The van der Waals surface area contributed by atoms with Gasteiger partial charge in [-0.25, -0.2) is 13.2 Å². The molecular weight excluding hydrogens is 370 g/mol. The Morgan fingerprint density at radius 1 is 1.11 bits per heavy atom. The summed E-state index contributed by atoms with van der Waals surface area (Å²) in [7, 11) is -2.25. The minimum atomic E-state index is -3.76. The Balaban J connectivity index is 1.60. The van der Waals surface area contributed by atoms with Crippen LogP contribution in [0.3, 0.4) is 0 Å². The van der Waals surface area contributed by atoms with Crippen LogP contribution in [0.5, 0.6) is 0 Å². The van der Waals surface area contributed by atoms with Gasteiger partial charge in [-0.05, 0) is 31.7 Å². The lowest BCUT2D eigenvalue weighted by Gasteiger charge is -2.32. The van der Waals surface area contributed by atoms with Gasteiger partial charge in [0.1, 0.15) is 10.6 Å². The molecule has 0 atom stereocenters. The average Bonchev–Trinajstić information content (AvgIpc) is 3.05. The summed E-state index contributed by atoms with van der Waals surface area (Å²) < 4.78 is 28.2. The van der Waals surface area contributed by atoms with Crippen molar-refractivity contribution in [3.8, 4) is 0 Å². The number of carbonyl (C=O) groups excluding carboxylic acids is 1. The summed E-state index contributed by atoms with van der Waals surface area (Å²) >= 11 is 0. The van der Waals surface area contributed by atoms with E-state index in [1.807, 2.05) is 0 Å². The molecule has 1 aliphatic heterocycles. The second-order valence-electron chi connectivity index (χ2n) is 7.50. The highest BCUT2D eigenvalue weighted by Gasteiger charge is 2.34. The summed E-state index contributed by atoms with van der Waals surface area (Å²) in [5, 5.41) is 12.2. The lowest BCUT2D eigenvalue weighted by Crippen LogP contribution is -2.45. The molecule has 0 aromatic carbocycles. The van der Waals surface area contributed by atoms with Crippen LogP contribution in [0.1, 0.15) is 55.4 Å². The first-order valence-corrected chi connectivity index (χ1v) is 10.9. The van der Waals surface area contributed by atoms with Crippen LogP contribution in [0.25, 0.3) is 0 Å². The number of carbonyl (C=O) groups is 2. The largest absolute Gasteiger partial charge is 0.477 e. The molecule has 1 aromatic heterocycles. The SMILES string of the molecule is Cn1cc(S(=O)(=O)N2CCC(C(=O)NC3CCCCC3)CC2)cc1C(=O)O. The molecule has 0 unspecified atom stereocenters. The highest BCUT2D eigenvalue weighted by molar-refractivity contribution is 7.89. The third kappa shape index (κ3) is 4.35. The quantitative estimate of drug-likeness (QED) is 0.784. The third-order valence-electron chi connectivity index (χ3n) is 5.61. The van der Waals surface area contributed by atoms with Crippen LogP contribution in [0, 0.1) is 5.92 Å². The number of nitrogens with one attached hydrogen (secondary N) is 1. The van der Waals surface area contributed by atoms with Crippen molar-refractivity contribution in [2.45, 2.75) is 55.9 Å². The molecule has 0 bridgehead atoms. The predicted octanol–water partition coefficient (Wildman–Crippen LogP) is 1.57. The predicted molar refractivity (Wildman–Crippen MR) is 98.9 cm³/mol. The van der Waals surface area contributed by atoms with Crippen molar-refractivity contribution in [3.63, 3.8) is 0 Å². The van der Waals surface area contributed by atoms with Gasteiger partial charge >= 0.3 is 5.97 Å². The van der Waals surface area contributed by atoms with E-state index in [0.717, 1.165) is 25.7 Å². The molecule has 3 rings (SSSR count). The molecule has 1 saturated heterocycles. The lowest BCUT2D eigenvalue weighted by atomic mass is 9.93. The number of amides is 1. The Kier molecular flexibility index (Phi) is 5.90. The Morgan fingerprint density at radius 2 is 1.74 bits per heavy atom. The minimum absolute atomic E-state index is 0.0208. The number of nitrogens with zero attached hydrogens (tertiary/aromatic N) is 2. The van der Waals surface area contributed by atoms with Gasteiger partial charge in [-0.3, -0.25) is 4.79 Å². The summed E-state index contributed by atoms with van der Waals surface area (Å²) in [6, 6.07) is 1.44. The van der Waals surface area contributed by atoms with Gasteiger partial charge in [0.2, 0.25) is 15.9 Å². The lowest BCUT2D eigenvalue weighted by molar-refractivity contribution is -0.127. The molecule has 0 radical (unpaired) electrons. The van der Waals surface area contributed by atoms with Gasteiger partial charge < -0.3 is 15.0 Å². The Bertz CT molecular complexity index is 803. The fraction of sp³-hybridized carbons (Fsp3) is 0.667. The molecule has 1 aromatic rings. The topological polar surface area (TPSA) is 109 Å². The van der Waals surface area contributed by atoms with E-state index in [1.165, 1.54) is 34.6 Å². The average molecular weight is 397 g/mol. The van der Waals surface area contributed by atoms with Crippen molar-refractivity contribution in [1.82, 2.24) is 14.2 Å². The van der Waals surface area contributed by atoms with E-state index in [1.54, 1.807) is 0 Å². The van der Waals surface area contributed by atoms with E-state index in [0.29, 0.717) is 12.8 Å². The number of aromatic carboxylic acids is 1. The van der Waals surface area contributed by atoms with Gasteiger partial charge in [0.25, 0.3) is 0 Å². The van der Waals surface area contributed by atoms with Crippen molar-refractivity contribution in [2.75, 3.05) is 13.1 Å². The van der Waals surface area contributed by atoms with Crippen molar-refractivity contribution in [1.29, 1.82) is 0 Å². The van der Waals surface area contributed by atoms with E-state index in [2.05, 4.69) is 5.32 Å². The number of rotatable bonds is 5. The molecule has 2 N–H and O–H groups in total. The zero-order chi connectivity index (χ0) is 19.6. The first kappa shape index (κ1) is 19.9. The number of hydrogen-bond donors (Lipinski definition) is 2. The van der Waals surface area contributed by atoms with E-state index in [9.17, 15) is 18.0 Å². The fourth-order valence-electron chi connectivity index (χ4n) is 3.96. The van der Waals surface area contributed by atoms with Crippen molar-refractivity contribution in [2.24, 2.45) is 13.0 Å². The molecule has 2 heterocycles. The van der Waals surface area contributed by atoms with Crippen LogP contribution in [0.4, 0.5) is 0 Å². The summed E-state index contributed by atoms with van der Waals surface area (Å²) in [5.74, 6) is -1.30. The van der Waals surface area contributed by atoms with Crippen LogP contribution < -0.4 is 5.32 Å². The number of aromatic nitrogens is 1. The number of hydrogen-bond acceptors (Lipinski definition) is 4. The van der Waals surface area contributed by atoms with Crippen LogP contribution in [-0.4, -0.2) is 53.4 Å². The summed E-state index contributed by atoms with van der Waals surface area (Å²) in [4.78, 5) is 23.6. The van der Waals surface area contributed by atoms with Crippen molar-refractivity contribution in [3.05, 3.63) is 18.0 Å². The zero-order valence-electron chi connectivity index (χ0n) is 15.6. The first-order chi connectivity index (χ1) is 12.8. The Labute approximate surface area is 159 Å². The van der Waals surface area contributed by atoms with E-state index < -0.39 is 16.0 Å². The number of piperidine rings is 1. The third-order valence-corrected chi connectivity index (χ3v) is 7.48. The van der Waals surface area contributed by atoms with E-state index in [4.69, 9.17) is 5.11 Å². The van der Waals surface area contributed by atoms with Gasteiger partial charge in [-0.2, -0.15) is 4.31 Å². The van der Waals surface area contributed by atoms with Crippen molar-refractivity contribution < 1.29 is 23.1 Å². The maximum absolute atomic E-state index is 12.8. The second-order valence-corrected chi connectivity index (χ2v) is 9.44. The standard InChI is InChI=1S/C18H27N3O5S/c1-20-12-15(11-16(20)18(23)24)27(25,26)21-9-7-13(8-10-21)17(22)19-14-5-3-2-4-6-14/h11-14H,2-10H2,1H3,(H,19,22)(H,23,24). The Morgan fingerprint density at radius 3 is 2.30 bits per heavy atom. The molecule has 2 aliphatic rings. The minimum Gasteiger partial charge on any atom is -0.477 e. The molecule has 9 heteroatoms. The Hall–Kier alpha value is -1.87. The molecule has 2 fully saturated rings. The van der Waals surface area contributed by atoms with Crippen LogP contribution in [-0.2, 0) is 21.9 Å². The summed E-state index contributed by atoms with van der Waals surface area (Å²) in [5.41, 5.74) is -0.0738. The van der Waals surface area contributed by atoms with Gasteiger partial charge in [0.05, 0.1) is 0 Å². The number of aryl methyl sites for hydroxylation is 1. The first-order valence-electron chi connectivity index (χ1n) is 9.49. The number of sulfonamides is 1. The normalized spacial score (nSPS) is 20.5. The van der Waals surface area contributed by atoms with E-state index >= 15 is 0 Å². The molecular formula is C18H27N3O5S. The maximum atomic E-state index is 12.8. The highest BCUT2D eigenvalue weighted by atomic mass is 32.2.